The van der Waals surface area contributed by atoms with E-state index in [0.717, 1.165) is 24.8 Å². The molecule has 0 radical (unpaired) electrons. The van der Waals surface area contributed by atoms with E-state index in [0.29, 0.717) is 12.2 Å². The summed E-state index contributed by atoms with van der Waals surface area (Å²) in [5, 5.41) is 0. The summed E-state index contributed by atoms with van der Waals surface area (Å²) < 4.78 is 5.19. The number of likely N-dealkylation sites (N-methyl/N-ethyl adjacent to an activating group) is 1. The third-order valence-corrected chi connectivity index (χ3v) is 5.07. The molecule has 150 valence electrons. The fraction of sp³-hybridized carbons (Fsp3) is 0.435. The zero-order chi connectivity index (χ0) is 20.5. The summed E-state index contributed by atoms with van der Waals surface area (Å²) in [4.78, 5) is 30.9. The minimum atomic E-state index is -0.581. The maximum absolute atomic E-state index is 12.9. The Morgan fingerprint density at radius 2 is 1.75 bits per heavy atom. The molecule has 1 aromatic carbocycles. The molecule has 28 heavy (non-hydrogen) atoms. The normalized spacial score (nSPS) is 12.9. The minimum Gasteiger partial charge on any atom is -0.464 e. The minimum absolute atomic E-state index is 0.0201. The number of ether oxygens (including phenoxy) is 1. The van der Waals surface area contributed by atoms with Crippen LogP contribution in [-0.4, -0.2) is 41.5 Å². The van der Waals surface area contributed by atoms with Gasteiger partial charge in [-0.1, -0.05) is 38.5 Å². The number of aromatic nitrogens is 1. The number of amides is 1. The third-order valence-electron chi connectivity index (χ3n) is 5.07. The predicted molar refractivity (Wildman–Crippen MR) is 110 cm³/mol. The lowest BCUT2D eigenvalue weighted by atomic mass is 9.97. The molecule has 0 N–H and O–H groups in total. The van der Waals surface area contributed by atoms with E-state index in [1.165, 1.54) is 10.5 Å². The summed E-state index contributed by atoms with van der Waals surface area (Å²) in [5.41, 5.74) is 2.92. The largest absolute Gasteiger partial charge is 0.464 e. The van der Waals surface area contributed by atoms with E-state index in [1.54, 1.807) is 20.2 Å². The number of carbonyl (C=O) groups is 2. The molecular formula is C23H30N2O3. The summed E-state index contributed by atoms with van der Waals surface area (Å²) in [6, 6.07) is 11.0. The number of carbonyl (C=O) groups excluding carboxylic acids is 2. The Labute approximate surface area is 167 Å². The first-order valence-corrected chi connectivity index (χ1v) is 9.89. The van der Waals surface area contributed by atoms with Crippen molar-refractivity contribution in [3.8, 4) is 0 Å². The Morgan fingerprint density at radius 3 is 2.32 bits per heavy atom. The van der Waals surface area contributed by atoms with Crippen LogP contribution in [0.15, 0.2) is 48.8 Å². The summed E-state index contributed by atoms with van der Waals surface area (Å²) in [5.74, 6) is -0.496. The number of rotatable bonds is 9. The molecule has 0 aliphatic carbocycles. The van der Waals surface area contributed by atoms with Gasteiger partial charge in [0, 0.05) is 25.0 Å². The number of hydrogen-bond acceptors (Lipinski definition) is 4. The molecule has 0 spiro atoms. The number of nitrogens with zero attached hydrogens (tertiary/aromatic N) is 2. The molecule has 0 aliphatic heterocycles. The lowest BCUT2D eigenvalue weighted by Gasteiger charge is -2.30. The highest BCUT2D eigenvalue weighted by molar-refractivity contribution is 5.96. The second-order valence-electron chi connectivity index (χ2n) is 7.06. The van der Waals surface area contributed by atoms with Crippen LogP contribution < -0.4 is 0 Å². The average molecular weight is 383 g/mol. The van der Waals surface area contributed by atoms with Crippen LogP contribution in [0.5, 0.6) is 0 Å². The summed E-state index contributed by atoms with van der Waals surface area (Å²) in [6.07, 6.45) is 6.21. The lowest BCUT2D eigenvalue weighted by Crippen LogP contribution is -2.47. The quantitative estimate of drug-likeness (QED) is 0.617. The maximum Gasteiger partial charge on any atom is 0.329 e. The van der Waals surface area contributed by atoms with Gasteiger partial charge < -0.3 is 9.64 Å². The van der Waals surface area contributed by atoms with Gasteiger partial charge >= 0.3 is 5.97 Å². The van der Waals surface area contributed by atoms with E-state index >= 15 is 0 Å². The zero-order valence-corrected chi connectivity index (χ0v) is 17.2. The predicted octanol–water partition coefficient (Wildman–Crippen LogP) is 3.92. The fourth-order valence-electron chi connectivity index (χ4n) is 3.20. The van der Waals surface area contributed by atoms with Crippen molar-refractivity contribution in [2.24, 2.45) is 5.92 Å². The van der Waals surface area contributed by atoms with E-state index < -0.39 is 6.04 Å². The highest BCUT2D eigenvalue weighted by atomic mass is 16.5. The molecule has 2 aromatic rings. The Kier molecular flexibility index (Phi) is 8.18. The molecule has 5 heteroatoms. The first-order valence-electron chi connectivity index (χ1n) is 9.89. The number of esters is 1. The third kappa shape index (κ3) is 5.65. The van der Waals surface area contributed by atoms with Gasteiger partial charge in [-0.3, -0.25) is 9.78 Å². The molecule has 1 amide bonds. The standard InChI is InChI=1S/C23H30N2O3/c1-5-17(3)21(23(27)28-6-2)25(4)22(26)20-13-11-18(12-14-20)9-10-19-8-7-15-24-16-19/h7-8,11-17,21H,5-6,9-10H2,1-4H3/t17-,21-/m0/s1. The van der Waals surface area contributed by atoms with E-state index in [1.807, 2.05) is 50.4 Å². The molecule has 0 fully saturated rings. The van der Waals surface area contributed by atoms with Crippen LogP contribution in [0, 0.1) is 5.92 Å². The van der Waals surface area contributed by atoms with Gasteiger partial charge in [0.25, 0.3) is 5.91 Å². The molecule has 5 nitrogen and oxygen atoms in total. The molecule has 0 saturated carbocycles. The Bertz CT molecular complexity index is 759. The van der Waals surface area contributed by atoms with Crippen LogP contribution in [0.3, 0.4) is 0 Å². The van der Waals surface area contributed by atoms with Gasteiger partial charge in [-0.2, -0.15) is 0 Å². The van der Waals surface area contributed by atoms with Gasteiger partial charge in [0.15, 0.2) is 0 Å². The topological polar surface area (TPSA) is 59.5 Å². The van der Waals surface area contributed by atoms with Crippen molar-refractivity contribution in [2.75, 3.05) is 13.7 Å². The van der Waals surface area contributed by atoms with E-state index in [9.17, 15) is 9.59 Å². The van der Waals surface area contributed by atoms with Crippen LogP contribution in [-0.2, 0) is 22.4 Å². The molecule has 1 aromatic heterocycles. The molecule has 0 unspecified atom stereocenters. The molecule has 2 rings (SSSR count). The summed E-state index contributed by atoms with van der Waals surface area (Å²) in [7, 11) is 1.67. The van der Waals surface area contributed by atoms with Crippen molar-refractivity contribution >= 4 is 11.9 Å². The van der Waals surface area contributed by atoms with Crippen molar-refractivity contribution in [2.45, 2.75) is 46.1 Å². The van der Waals surface area contributed by atoms with Gasteiger partial charge in [0.05, 0.1) is 6.61 Å². The number of aryl methyl sites for hydroxylation is 2. The van der Waals surface area contributed by atoms with Gasteiger partial charge in [-0.05, 0) is 55.0 Å². The van der Waals surface area contributed by atoms with E-state index in [-0.39, 0.29) is 17.8 Å². The highest BCUT2D eigenvalue weighted by Crippen LogP contribution is 2.18. The Morgan fingerprint density at radius 1 is 1.07 bits per heavy atom. The molecule has 0 saturated heterocycles. The van der Waals surface area contributed by atoms with Crippen molar-refractivity contribution < 1.29 is 14.3 Å². The van der Waals surface area contributed by atoms with Crippen molar-refractivity contribution in [1.29, 1.82) is 0 Å². The van der Waals surface area contributed by atoms with Crippen molar-refractivity contribution in [3.63, 3.8) is 0 Å². The lowest BCUT2D eigenvalue weighted by molar-refractivity contribution is -0.150. The van der Waals surface area contributed by atoms with E-state index in [4.69, 9.17) is 4.74 Å². The number of pyridine rings is 1. The summed E-state index contributed by atoms with van der Waals surface area (Å²) >= 11 is 0. The van der Waals surface area contributed by atoms with Gasteiger partial charge in [-0.15, -0.1) is 0 Å². The smallest absolute Gasteiger partial charge is 0.329 e. The van der Waals surface area contributed by atoms with Gasteiger partial charge in [-0.25, -0.2) is 4.79 Å². The SMILES string of the molecule is CCOC(=O)[C@H]([C@@H](C)CC)N(C)C(=O)c1ccc(CCc2cccnc2)cc1. The van der Waals surface area contributed by atoms with Crippen molar-refractivity contribution in [1.82, 2.24) is 9.88 Å². The fourth-order valence-corrected chi connectivity index (χ4v) is 3.20. The number of benzene rings is 1. The van der Waals surface area contributed by atoms with E-state index in [2.05, 4.69) is 11.1 Å². The first-order chi connectivity index (χ1) is 13.5. The van der Waals surface area contributed by atoms with Crippen molar-refractivity contribution in [3.05, 3.63) is 65.5 Å². The molecular weight excluding hydrogens is 352 g/mol. The maximum atomic E-state index is 12.9. The van der Waals surface area contributed by atoms with Crippen LogP contribution >= 0.6 is 0 Å². The zero-order valence-electron chi connectivity index (χ0n) is 17.2. The Hall–Kier alpha value is -2.69. The number of hydrogen-bond donors (Lipinski definition) is 0. The second-order valence-corrected chi connectivity index (χ2v) is 7.06. The van der Waals surface area contributed by atoms with Gasteiger partial charge in [0.1, 0.15) is 6.04 Å². The van der Waals surface area contributed by atoms with Crippen LogP contribution in [0.2, 0.25) is 0 Å². The Balaban J connectivity index is 2.06. The molecule has 1 heterocycles. The average Bonchev–Trinajstić information content (AvgIpc) is 2.73. The van der Waals surface area contributed by atoms with Gasteiger partial charge in [0.2, 0.25) is 0 Å². The van der Waals surface area contributed by atoms with Crippen LogP contribution in [0.25, 0.3) is 0 Å². The monoisotopic (exact) mass is 382 g/mol. The highest BCUT2D eigenvalue weighted by Gasteiger charge is 2.32. The first kappa shape index (κ1) is 21.6. The molecule has 0 bridgehead atoms. The van der Waals surface area contributed by atoms with Crippen LogP contribution in [0.1, 0.15) is 48.7 Å². The molecule has 0 aliphatic rings. The van der Waals surface area contributed by atoms with Crippen LogP contribution in [0.4, 0.5) is 0 Å². The summed E-state index contributed by atoms with van der Waals surface area (Å²) in [6.45, 7) is 6.05. The molecule has 2 atom stereocenters. The second kappa shape index (κ2) is 10.6.